The van der Waals surface area contributed by atoms with Crippen LogP contribution in [0.1, 0.15) is 80.4 Å². The summed E-state index contributed by atoms with van der Waals surface area (Å²) in [5.74, 6) is 4.18. The normalized spacial score (nSPS) is 25.9. The Morgan fingerprint density at radius 2 is 1.22 bits per heavy atom. The van der Waals surface area contributed by atoms with Crippen molar-refractivity contribution in [2.75, 3.05) is 4.90 Å². The number of hydrogen-bond donors (Lipinski definition) is 0. The lowest BCUT2D eigenvalue weighted by atomic mass is 9.27. The molecule has 1 heterocycles. The molecule has 1 aromatic heterocycles. The Hall–Kier alpha value is -5.96. The highest BCUT2D eigenvalue weighted by Gasteiger charge is 2.84. The van der Waals surface area contributed by atoms with E-state index in [-0.39, 0.29) is 5.41 Å². The third-order valence-corrected chi connectivity index (χ3v) is 19.3. The predicted octanol–water partition coefficient (Wildman–Crippen LogP) is 17.4. The lowest BCUT2D eigenvalue weighted by molar-refractivity contribution is -0.231. The first kappa shape index (κ1) is 36.4. The molecule has 6 aliphatic rings. The van der Waals surface area contributed by atoms with E-state index in [1.807, 2.05) is 11.3 Å². The van der Waals surface area contributed by atoms with Crippen LogP contribution in [-0.4, -0.2) is 0 Å². The van der Waals surface area contributed by atoms with E-state index in [0.29, 0.717) is 11.3 Å². The van der Waals surface area contributed by atoms with E-state index in [1.165, 1.54) is 145 Å². The summed E-state index contributed by atoms with van der Waals surface area (Å²) in [4.78, 5) is 2.57. The quantitative estimate of drug-likeness (QED) is 0.161. The largest absolute Gasteiger partial charge is 0.308 e. The SMILES string of the molecule is c1ccc(N(c2ccc(-c3ccc4c(c3)C3(c5ccccc5-4)C4CC5CC6CC3C64C5)cc2)c2cccc3c2sc2ccccc23)c(-c2cccc3cccc(C4CCCCC4)c23)c1. The van der Waals surface area contributed by atoms with Gasteiger partial charge in [-0.25, -0.2) is 0 Å². The maximum absolute atomic E-state index is 2.64. The summed E-state index contributed by atoms with van der Waals surface area (Å²) in [5, 5.41) is 5.42. The minimum Gasteiger partial charge on any atom is -0.308 e. The number of nitrogens with zero attached hydrogens (tertiary/aromatic N) is 1. The summed E-state index contributed by atoms with van der Waals surface area (Å²) in [5.41, 5.74) is 17.5. The van der Waals surface area contributed by atoms with Gasteiger partial charge in [0.25, 0.3) is 0 Å². The number of anilines is 3. The van der Waals surface area contributed by atoms with Crippen molar-refractivity contribution in [3.8, 4) is 33.4 Å². The molecule has 9 aromatic rings. The zero-order valence-electron chi connectivity index (χ0n) is 36.3. The molecule has 8 aromatic carbocycles. The van der Waals surface area contributed by atoms with Crippen LogP contribution in [0.2, 0.25) is 0 Å². The van der Waals surface area contributed by atoms with Crippen LogP contribution in [0.3, 0.4) is 0 Å². The van der Waals surface area contributed by atoms with Crippen molar-refractivity contribution in [3.63, 3.8) is 0 Å². The van der Waals surface area contributed by atoms with E-state index in [9.17, 15) is 0 Å². The fourth-order valence-electron chi connectivity index (χ4n) is 15.9. The van der Waals surface area contributed by atoms with Gasteiger partial charge in [0, 0.05) is 32.1 Å². The van der Waals surface area contributed by atoms with Gasteiger partial charge in [0.15, 0.2) is 0 Å². The number of rotatable bonds is 6. The zero-order valence-corrected chi connectivity index (χ0v) is 37.1. The molecule has 64 heavy (non-hydrogen) atoms. The lowest BCUT2D eigenvalue weighted by Crippen LogP contribution is -2.73. The topological polar surface area (TPSA) is 3.24 Å². The first-order valence-corrected chi connectivity index (χ1v) is 25.2. The van der Waals surface area contributed by atoms with Crippen molar-refractivity contribution < 1.29 is 0 Å². The number of para-hydroxylation sites is 1. The molecule has 2 bridgehead atoms. The monoisotopic (exact) mass is 841 g/mol. The summed E-state index contributed by atoms with van der Waals surface area (Å²) in [6, 6.07) is 65.8. The van der Waals surface area contributed by atoms with Gasteiger partial charge in [-0.3, -0.25) is 0 Å². The maximum Gasteiger partial charge on any atom is 0.0640 e. The molecule has 6 aliphatic carbocycles. The molecule has 0 aliphatic heterocycles. The van der Waals surface area contributed by atoms with Gasteiger partial charge in [-0.15, -0.1) is 11.3 Å². The van der Waals surface area contributed by atoms with Gasteiger partial charge < -0.3 is 4.90 Å². The van der Waals surface area contributed by atoms with Gasteiger partial charge in [-0.1, -0.05) is 153 Å². The molecule has 2 heteroatoms. The second-order valence-electron chi connectivity index (χ2n) is 20.6. The second kappa shape index (κ2) is 13.3. The number of benzene rings is 8. The van der Waals surface area contributed by atoms with Gasteiger partial charge in [0.2, 0.25) is 0 Å². The molecule has 2 spiro atoms. The van der Waals surface area contributed by atoms with E-state index in [0.717, 1.165) is 23.7 Å². The minimum absolute atomic E-state index is 0.204. The summed E-state index contributed by atoms with van der Waals surface area (Å²) < 4.78 is 2.65. The molecule has 6 atom stereocenters. The molecule has 6 unspecified atom stereocenters. The fourth-order valence-corrected chi connectivity index (χ4v) is 17.1. The molecule has 310 valence electrons. The molecular weight excluding hydrogens is 791 g/mol. The van der Waals surface area contributed by atoms with Crippen molar-refractivity contribution in [3.05, 3.63) is 187 Å². The van der Waals surface area contributed by atoms with Crippen molar-refractivity contribution in [2.24, 2.45) is 29.1 Å². The minimum atomic E-state index is 0.204. The Bertz CT molecular complexity index is 3380. The van der Waals surface area contributed by atoms with E-state index < -0.39 is 0 Å². The Morgan fingerprint density at radius 1 is 0.516 bits per heavy atom. The van der Waals surface area contributed by atoms with Gasteiger partial charge in [-0.2, -0.15) is 0 Å². The smallest absolute Gasteiger partial charge is 0.0640 e. The van der Waals surface area contributed by atoms with E-state index in [4.69, 9.17) is 0 Å². The maximum atomic E-state index is 2.64. The molecular formula is C62H51NS. The molecule has 0 radical (unpaired) electrons. The molecule has 5 saturated carbocycles. The Kier molecular flexibility index (Phi) is 7.56. The average Bonchev–Trinajstić information content (AvgIpc) is 4.10. The molecule has 0 amide bonds. The standard InChI is InChI=1S/C62H51NS/c1-2-13-40(14-3-1)45-20-10-15-41-16-11-21-50(59(41)45)48-18-5-8-24-54(48)63(55-25-12-22-51-49-19-6-9-26-56(49)64-60(51)55)44-30-27-39(28-31-44)42-29-32-47-46-17-4-7-23-52(46)62(53(47)35-42)57-34-38-33-43-36-58(62)61(43,57)37-38/h4-12,15-32,35,38,40,43,57-58H,1-3,13-14,33-34,36-37H2. The molecule has 0 saturated heterocycles. The van der Waals surface area contributed by atoms with Crippen LogP contribution in [0.15, 0.2) is 170 Å². The number of thiophene rings is 1. The summed E-state index contributed by atoms with van der Waals surface area (Å²) >= 11 is 1.92. The van der Waals surface area contributed by atoms with Crippen LogP contribution >= 0.6 is 11.3 Å². The van der Waals surface area contributed by atoms with E-state index >= 15 is 0 Å². The second-order valence-corrected chi connectivity index (χ2v) is 21.7. The average molecular weight is 842 g/mol. The first-order chi connectivity index (χ1) is 31.7. The van der Waals surface area contributed by atoms with Crippen LogP contribution in [0.5, 0.6) is 0 Å². The van der Waals surface area contributed by atoms with Gasteiger partial charge in [0.1, 0.15) is 0 Å². The summed E-state index contributed by atoms with van der Waals surface area (Å²) in [6.45, 7) is 0. The molecule has 1 nitrogen and oxygen atoms in total. The Labute approximate surface area is 380 Å². The lowest BCUT2D eigenvalue weighted by Gasteiger charge is -2.76. The van der Waals surface area contributed by atoms with Crippen molar-refractivity contribution in [2.45, 2.75) is 69.1 Å². The van der Waals surface area contributed by atoms with Crippen molar-refractivity contribution in [1.82, 2.24) is 0 Å². The number of hydrogen-bond acceptors (Lipinski definition) is 2. The first-order valence-electron chi connectivity index (χ1n) is 24.4. The summed E-state index contributed by atoms with van der Waals surface area (Å²) in [6.07, 6.45) is 12.4. The van der Waals surface area contributed by atoms with Gasteiger partial charge in [-0.05, 0) is 165 Å². The van der Waals surface area contributed by atoms with E-state index in [2.05, 4.69) is 175 Å². The van der Waals surface area contributed by atoms with Gasteiger partial charge >= 0.3 is 0 Å². The van der Waals surface area contributed by atoms with Crippen molar-refractivity contribution >= 4 is 59.3 Å². The Morgan fingerprint density at radius 3 is 2.11 bits per heavy atom. The molecule has 5 fully saturated rings. The highest BCUT2D eigenvalue weighted by Crippen LogP contribution is 2.89. The Balaban J connectivity index is 0.891. The van der Waals surface area contributed by atoms with Crippen LogP contribution in [0.4, 0.5) is 17.1 Å². The van der Waals surface area contributed by atoms with E-state index in [1.54, 1.807) is 11.1 Å². The predicted molar refractivity (Wildman–Crippen MR) is 269 cm³/mol. The van der Waals surface area contributed by atoms with Crippen LogP contribution in [0.25, 0.3) is 64.3 Å². The van der Waals surface area contributed by atoms with Crippen LogP contribution in [-0.2, 0) is 5.41 Å². The molecule has 15 rings (SSSR count). The van der Waals surface area contributed by atoms with Gasteiger partial charge in [0.05, 0.1) is 16.1 Å². The third kappa shape index (κ3) is 4.65. The van der Waals surface area contributed by atoms with Crippen molar-refractivity contribution in [1.29, 1.82) is 0 Å². The van der Waals surface area contributed by atoms with Crippen LogP contribution in [0, 0.1) is 29.1 Å². The summed E-state index contributed by atoms with van der Waals surface area (Å²) in [7, 11) is 0. The van der Waals surface area contributed by atoms with Crippen LogP contribution < -0.4 is 4.90 Å². The highest BCUT2D eigenvalue weighted by molar-refractivity contribution is 7.26. The fraction of sp³-hybridized carbons (Fsp3) is 0.258. The highest BCUT2D eigenvalue weighted by atomic mass is 32.1. The number of fused-ring (bicyclic) bond motifs is 12. The third-order valence-electron chi connectivity index (χ3n) is 18.1. The molecule has 0 N–H and O–H groups in total. The zero-order chi connectivity index (χ0) is 41.7.